The van der Waals surface area contributed by atoms with E-state index in [-0.39, 0.29) is 52.0 Å². The average molecular weight is 473 g/mol. The van der Waals surface area contributed by atoms with Gasteiger partial charge in [-0.25, -0.2) is 0 Å². The summed E-state index contributed by atoms with van der Waals surface area (Å²) in [6, 6.07) is 4.80. The topological polar surface area (TPSA) is 148 Å². The van der Waals surface area contributed by atoms with E-state index in [9.17, 15) is 35.4 Å². The van der Waals surface area contributed by atoms with Gasteiger partial charge >= 0.3 is 0 Å². The zero-order valence-corrected chi connectivity index (χ0v) is 19.8. The van der Waals surface area contributed by atoms with E-state index in [0.29, 0.717) is 12.8 Å². The van der Waals surface area contributed by atoms with Crippen molar-refractivity contribution in [1.29, 1.82) is 0 Å². The monoisotopic (exact) mass is 472 g/mol. The van der Waals surface area contributed by atoms with Crippen LogP contribution >= 0.6 is 0 Å². The molecular weight excluding hydrogens is 440 g/mol. The van der Waals surface area contributed by atoms with Gasteiger partial charge in [-0.2, -0.15) is 0 Å². The zero-order valence-electron chi connectivity index (χ0n) is 19.8. The van der Waals surface area contributed by atoms with Gasteiger partial charge in [-0.05, 0) is 64.2 Å². The second kappa shape index (κ2) is 10.5. The fourth-order valence-electron chi connectivity index (χ4n) is 3.55. The van der Waals surface area contributed by atoms with E-state index in [1.807, 2.05) is 0 Å². The summed E-state index contributed by atoms with van der Waals surface area (Å²) in [7, 11) is 1.25. The van der Waals surface area contributed by atoms with Crippen molar-refractivity contribution in [3.05, 3.63) is 58.9 Å². The number of phenolic OH excluding ortho intramolecular Hbond substituents is 4. The molecule has 0 heterocycles. The maximum atomic E-state index is 13.0. The van der Waals surface area contributed by atoms with Crippen molar-refractivity contribution in [2.24, 2.45) is 5.92 Å². The molecule has 0 aliphatic heterocycles. The number of aliphatic hydroxyl groups excluding tert-OH is 1. The molecule has 2 rings (SSSR count). The van der Waals surface area contributed by atoms with Crippen LogP contribution in [0.2, 0.25) is 0 Å². The Hall–Kier alpha value is -3.65. The first kappa shape index (κ1) is 26.6. The van der Waals surface area contributed by atoms with E-state index in [2.05, 4.69) is 6.58 Å². The molecule has 0 aromatic heterocycles. The maximum Gasteiger partial charge on any atom is 0.234 e. The molecule has 1 atom stereocenters. The Labute approximate surface area is 198 Å². The summed E-state index contributed by atoms with van der Waals surface area (Å²) < 4.78 is 5.16. The predicted molar refractivity (Wildman–Crippen MR) is 129 cm³/mol. The Morgan fingerprint density at radius 1 is 1.15 bits per heavy atom. The molecule has 0 bridgehead atoms. The van der Waals surface area contributed by atoms with Gasteiger partial charge in [0.05, 0.1) is 12.7 Å². The van der Waals surface area contributed by atoms with Gasteiger partial charge in [0, 0.05) is 23.3 Å². The van der Waals surface area contributed by atoms with Crippen LogP contribution in [0.25, 0.3) is 6.08 Å². The van der Waals surface area contributed by atoms with Crippen molar-refractivity contribution < 1.29 is 40.2 Å². The molecule has 2 aromatic carbocycles. The summed E-state index contributed by atoms with van der Waals surface area (Å²) in [6.45, 7) is 9.13. The van der Waals surface area contributed by atoms with Gasteiger partial charge in [0.25, 0.3) is 0 Å². The summed E-state index contributed by atoms with van der Waals surface area (Å²) in [5, 5.41) is 61.3. The fourth-order valence-corrected chi connectivity index (χ4v) is 3.55. The lowest BCUT2D eigenvalue weighted by molar-refractivity contribution is 0.0650. The Kier molecular flexibility index (Phi) is 8.23. The second-order valence-electron chi connectivity index (χ2n) is 9.00. The minimum atomic E-state index is -0.994. The number of ether oxygens (including phenoxy) is 1. The lowest BCUT2D eigenvalue weighted by atomic mass is 9.85. The highest BCUT2D eigenvalue weighted by Gasteiger charge is 2.28. The highest BCUT2D eigenvalue weighted by atomic mass is 16.5. The molecule has 8 nitrogen and oxygen atoms in total. The van der Waals surface area contributed by atoms with Crippen LogP contribution in [0, 0.1) is 5.92 Å². The van der Waals surface area contributed by atoms with Crippen LogP contribution in [-0.4, -0.2) is 49.1 Å². The second-order valence-corrected chi connectivity index (χ2v) is 9.00. The Bertz CT molecular complexity index is 1110. The van der Waals surface area contributed by atoms with Crippen molar-refractivity contribution in [3.8, 4) is 28.7 Å². The molecule has 34 heavy (non-hydrogen) atoms. The fraction of sp³-hybridized carbons (Fsp3) is 0.346. The Balaban J connectivity index is 2.50. The van der Waals surface area contributed by atoms with E-state index in [1.54, 1.807) is 20.8 Å². The third kappa shape index (κ3) is 6.45. The van der Waals surface area contributed by atoms with Gasteiger partial charge in [0.2, 0.25) is 5.78 Å². The van der Waals surface area contributed by atoms with Crippen molar-refractivity contribution in [3.63, 3.8) is 0 Å². The van der Waals surface area contributed by atoms with Gasteiger partial charge < -0.3 is 35.4 Å². The number of carbonyl (C=O) groups is 1. The minimum absolute atomic E-state index is 0.0649. The Morgan fingerprint density at radius 3 is 2.32 bits per heavy atom. The maximum absolute atomic E-state index is 13.0. The molecule has 8 heteroatoms. The number of rotatable bonds is 10. The number of Topliss-reactive ketones (excluding diaryl/α,β-unsaturated/α-hetero) is 1. The molecule has 0 saturated heterocycles. The number of hydrogen-bond donors (Lipinski definition) is 6. The first-order valence-corrected chi connectivity index (χ1v) is 10.7. The molecule has 6 N–H and O–H groups in total. The minimum Gasteiger partial charge on any atom is -0.508 e. The van der Waals surface area contributed by atoms with Crippen molar-refractivity contribution in [2.45, 2.75) is 45.6 Å². The third-order valence-electron chi connectivity index (χ3n) is 5.58. The van der Waals surface area contributed by atoms with Crippen molar-refractivity contribution in [1.82, 2.24) is 0 Å². The largest absolute Gasteiger partial charge is 0.508 e. The van der Waals surface area contributed by atoms with Crippen LogP contribution in [0.1, 0.15) is 55.1 Å². The highest BCUT2D eigenvalue weighted by molar-refractivity contribution is 6.13. The predicted octanol–water partition coefficient (Wildman–Crippen LogP) is 4.59. The van der Waals surface area contributed by atoms with Crippen LogP contribution in [0.4, 0.5) is 0 Å². The van der Waals surface area contributed by atoms with Gasteiger partial charge in [-0.1, -0.05) is 12.2 Å². The number of hydrogen-bond acceptors (Lipinski definition) is 8. The number of carbonyl (C=O) groups excluding carboxylic acids is 1. The Morgan fingerprint density at radius 2 is 1.79 bits per heavy atom. The SMILES string of the molecule is C=C(C)[C@@H](CCC(C)(C)O)Cc1c(O)cc(OC)c(C(=O)/C(O)=C/c2ccc(O)cc2O)c1O. The highest BCUT2D eigenvalue weighted by Crippen LogP contribution is 2.42. The summed E-state index contributed by atoms with van der Waals surface area (Å²) in [5.74, 6) is -3.56. The third-order valence-corrected chi connectivity index (χ3v) is 5.58. The van der Waals surface area contributed by atoms with Gasteiger partial charge in [0.1, 0.15) is 34.3 Å². The summed E-state index contributed by atoms with van der Waals surface area (Å²) >= 11 is 0. The lowest BCUT2D eigenvalue weighted by Gasteiger charge is -2.24. The van der Waals surface area contributed by atoms with Gasteiger partial charge in [-0.3, -0.25) is 4.79 Å². The first-order valence-electron chi connectivity index (χ1n) is 10.7. The standard InChI is InChI=1S/C26H32O8/c1-14(2)15(8-9-26(3,4)33)10-18-20(29)13-22(34-5)23(24(18)31)25(32)21(30)11-16-6-7-17(27)12-19(16)28/h6-7,11-13,15,27-31,33H,1,8-10H2,2-5H3/b21-11-/t15-/m0/s1. The van der Waals surface area contributed by atoms with E-state index >= 15 is 0 Å². The zero-order chi connectivity index (χ0) is 25.8. The average Bonchev–Trinajstić information content (AvgIpc) is 2.73. The van der Waals surface area contributed by atoms with Gasteiger partial charge in [-0.15, -0.1) is 0 Å². The summed E-state index contributed by atoms with van der Waals surface area (Å²) in [6.07, 6.45) is 2.10. The number of allylic oxidation sites excluding steroid dienone is 2. The molecule has 0 amide bonds. The number of aliphatic hydroxyl groups is 2. The molecule has 0 aliphatic rings. The van der Waals surface area contributed by atoms with Crippen molar-refractivity contribution >= 4 is 11.9 Å². The number of phenols is 4. The summed E-state index contributed by atoms with van der Waals surface area (Å²) in [5.41, 5.74) is -0.347. The molecular formula is C26H32O8. The molecule has 0 aliphatic carbocycles. The molecule has 184 valence electrons. The van der Waals surface area contributed by atoms with Gasteiger partial charge in [0.15, 0.2) is 5.76 Å². The van der Waals surface area contributed by atoms with Crippen LogP contribution in [0.3, 0.4) is 0 Å². The first-order chi connectivity index (χ1) is 15.7. The summed E-state index contributed by atoms with van der Waals surface area (Å²) in [4.78, 5) is 13.0. The number of benzene rings is 2. The van der Waals surface area contributed by atoms with E-state index < -0.39 is 22.9 Å². The quantitative estimate of drug-likeness (QED) is 0.127. The van der Waals surface area contributed by atoms with Crippen LogP contribution in [0.15, 0.2) is 42.2 Å². The molecule has 0 radical (unpaired) electrons. The van der Waals surface area contributed by atoms with Crippen LogP contribution < -0.4 is 4.74 Å². The number of methoxy groups -OCH3 is 1. The molecule has 2 aromatic rings. The molecule has 0 fully saturated rings. The van der Waals surface area contributed by atoms with E-state index in [1.165, 1.54) is 25.3 Å². The van der Waals surface area contributed by atoms with Crippen LogP contribution in [0.5, 0.6) is 28.7 Å². The van der Waals surface area contributed by atoms with E-state index in [0.717, 1.165) is 17.7 Å². The number of ketones is 1. The van der Waals surface area contributed by atoms with Crippen LogP contribution in [-0.2, 0) is 6.42 Å². The smallest absolute Gasteiger partial charge is 0.234 e. The van der Waals surface area contributed by atoms with E-state index in [4.69, 9.17) is 4.74 Å². The van der Waals surface area contributed by atoms with Crippen molar-refractivity contribution in [2.75, 3.05) is 7.11 Å². The number of aromatic hydroxyl groups is 4. The lowest BCUT2D eigenvalue weighted by Crippen LogP contribution is -2.21. The molecule has 0 unspecified atom stereocenters. The molecule has 0 spiro atoms. The molecule has 0 saturated carbocycles. The normalized spacial score (nSPS) is 12.9.